The van der Waals surface area contributed by atoms with Crippen molar-refractivity contribution in [1.29, 1.82) is 0 Å². The molecule has 4 heteroatoms. The van der Waals surface area contributed by atoms with Crippen molar-refractivity contribution >= 4 is 5.69 Å². The maximum absolute atomic E-state index is 5.48. The van der Waals surface area contributed by atoms with Gasteiger partial charge in [-0.1, -0.05) is 53.7 Å². The number of fused-ring (bicyclic) bond motifs is 1. The third-order valence-electron chi connectivity index (χ3n) is 4.47. The van der Waals surface area contributed by atoms with Gasteiger partial charge in [-0.15, -0.1) is 0 Å². The monoisotopic (exact) mass is 305 g/mol. The van der Waals surface area contributed by atoms with E-state index < -0.39 is 0 Å². The van der Waals surface area contributed by atoms with Crippen LogP contribution in [-0.2, 0) is 13.0 Å². The molecule has 0 spiro atoms. The predicted molar refractivity (Wildman–Crippen MR) is 90.1 cm³/mol. The molecule has 0 aliphatic carbocycles. The summed E-state index contributed by atoms with van der Waals surface area (Å²) in [5, 5.41) is 4.12. The second kappa shape index (κ2) is 5.88. The van der Waals surface area contributed by atoms with Crippen LogP contribution < -0.4 is 4.90 Å². The summed E-state index contributed by atoms with van der Waals surface area (Å²) in [7, 11) is 0. The number of anilines is 1. The van der Waals surface area contributed by atoms with Crippen LogP contribution in [0.15, 0.2) is 59.1 Å². The maximum Gasteiger partial charge on any atom is 0.246 e. The van der Waals surface area contributed by atoms with Gasteiger partial charge < -0.3 is 9.42 Å². The Morgan fingerprint density at radius 2 is 1.87 bits per heavy atom. The number of aryl methyl sites for hydroxylation is 1. The number of hydrogen-bond donors (Lipinski definition) is 0. The van der Waals surface area contributed by atoms with E-state index in [1.165, 1.54) is 11.3 Å². The summed E-state index contributed by atoms with van der Waals surface area (Å²) in [5.74, 6) is 1.31. The number of aromatic nitrogens is 2. The molecule has 3 aromatic rings. The average Bonchev–Trinajstić information content (AvgIpc) is 3.07. The Morgan fingerprint density at radius 1 is 1.09 bits per heavy atom. The molecule has 1 aliphatic rings. The molecule has 0 bridgehead atoms. The molecule has 116 valence electrons. The Bertz CT molecular complexity index is 797. The largest absolute Gasteiger partial charge is 0.359 e. The lowest BCUT2D eigenvalue weighted by atomic mass is 9.97. The van der Waals surface area contributed by atoms with E-state index in [4.69, 9.17) is 4.52 Å². The molecule has 0 unspecified atom stereocenters. The summed E-state index contributed by atoms with van der Waals surface area (Å²) in [4.78, 5) is 6.92. The van der Waals surface area contributed by atoms with Gasteiger partial charge in [0.1, 0.15) is 0 Å². The molecule has 4 nitrogen and oxygen atoms in total. The van der Waals surface area contributed by atoms with E-state index >= 15 is 0 Å². The summed E-state index contributed by atoms with van der Waals surface area (Å²) in [6.07, 6.45) is 2.28. The minimum Gasteiger partial charge on any atom is -0.359 e. The molecule has 2 heterocycles. The molecule has 0 radical (unpaired) electrons. The minimum absolute atomic E-state index is 0.469. The zero-order valence-electron chi connectivity index (χ0n) is 13.1. The van der Waals surface area contributed by atoms with E-state index in [-0.39, 0.29) is 0 Å². The molecule has 4 rings (SSSR count). The highest BCUT2D eigenvalue weighted by Gasteiger charge is 2.24. The highest BCUT2D eigenvalue weighted by Crippen LogP contribution is 2.31. The third-order valence-corrected chi connectivity index (χ3v) is 4.47. The van der Waals surface area contributed by atoms with Crippen molar-refractivity contribution in [2.24, 2.45) is 0 Å². The molecule has 1 aromatic heterocycles. The van der Waals surface area contributed by atoms with Gasteiger partial charge in [0, 0.05) is 17.3 Å². The van der Waals surface area contributed by atoms with Gasteiger partial charge in [-0.2, -0.15) is 4.98 Å². The van der Waals surface area contributed by atoms with Crippen LogP contribution >= 0.6 is 0 Å². The van der Waals surface area contributed by atoms with Crippen LogP contribution in [0.3, 0.4) is 0 Å². The number of para-hydroxylation sites is 1. The summed E-state index contributed by atoms with van der Waals surface area (Å²) >= 11 is 0. The number of nitrogens with zero attached hydrogens (tertiary/aromatic N) is 3. The molecule has 23 heavy (non-hydrogen) atoms. The van der Waals surface area contributed by atoms with Gasteiger partial charge in [-0.25, -0.2) is 0 Å². The van der Waals surface area contributed by atoms with Crippen LogP contribution in [-0.4, -0.2) is 16.2 Å². The van der Waals surface area contributed by atoms with Crippen molar-refractivity contribution in [3.05, 3.63) is 66.1 Å². The quantitative estimate of drug-likeness (QED) is 0.731. The first-order valence-electron chi connectivity index (χ1n) is 8.04. The first-order chi connectivity index (χ1) is 11.3. The van der Waals surface area contributed by atoms with Gasteiger partial charge in [-0.05, 0) is 31.4 Å². The van der Waals surface area contributed by atoms with Crippen LogP contribution in [0, 0.1) is 0 Å². The smallest absolute Gasteiger partial charge is 0.246 e. The Kier molecular flexibility index (Phi) is 3.58. The average molecular weight is 305 g/mol. The van der Waals surface area contributed by atoms with Crippen molar-refractivity contribution in [3.63, 3.8) is 0 Å². The van der Waals surface area contributed by atoms with Crippen LogP contribution in [0.1, 0.15) is 24.8 Å². The van der Waals surface area contributed by atoms with Gasteiger partial charge in [0.15, 0.2) is 0 Å². The number of benzene rings is 2. The van der Waals surface area contributed by atoms with Gasteiger partial charge in [0.25, 0.3) is 0 Å². The van der Waals surface area contributed by atoms with E-state index in [1.54, 1.807) is 0 Å². The fourth-order valence-electron chi connectivity index (χ4n) is 3.17. The molecule has 2 aromatic carbocycles. The van der Waals surface area contributed by atoms with Crippen molar-refractivity contribution < 1.29 is 4.52 Å². The maximum atomic E-state index is 5.48. The van der Waals surface area contributed by atoms with Crippen LogP contribution in [0.5, 0.6) is 0 Å². The third kappa shape index (κ3) is 2.72. The van der Waals surface area contributed by atoms with Crippen molar-refractivity contribution in [3.8, 4) is 11.4 Å². The Morgan fingerprint density at radius 3 is 2.74 bits per heavy atom. The van der Waals surface area contributed by atoms with E-state index in [0.29, 0.717) is 24.3 Å². The highest BCUT2D eigenvalue weighted by atomic mass is 16.5. The first-order valence-corrected chi connectivity index (χ1v) is 8.04. The lowest BCUT2D eigenvalue weighted by Crippen LogP contribution is -2.36. The van der Waals surface area contributed by atoms with Crippen molar-refractivity contribution in [2.45, 2.75) is 32.4 Å². The van der Waals surface area contributed by atoms with Crippen LogP contribution in [0.2, 0.25) is 0 Å². The molecule has 0 N–H and O–H groups in total. The second-order valence-corrected chi connectivity index (χ2v) is 6.02. The fourth-order valence-corrected chi connectivity index (χ4v) is 3.17. The van der Waals surface area contributed by atoms with Crippen LogP contribution in [0.4, 0.5) is 5.69 Å². The lowest BCUT2D eigenvalue weighted by molar-refractivity contribution is 0.369. The zero-order chi connectivity index (χ0) is 15.6. The first kappa shape index (κ1) is 14.0. The summed E-state index contributed by atoms with van der Waals surface area (Å²) < 4.78 is 5.48. The molecule has 1 atom stereocenters. The fraction of sp³-hybridized carbons (Fsp3) is 0.263. The Hall–Kier alpha value is -2.62. The molecular weight excluding hydrogens is 286 g/mol. The second-order valence-electron chi connectivity index (χ2n) is 6.02. The molecule has 0 amide bonds. The van der Waals surface area contributed by atoms with E-state index in [9.17, 15) is 0 Å². The molecule has 1 aliphatic heterocycles. The summed E-state index contributed by atoms with van der Waals surface area (Å²) in [6.45, 7) is 2.91. The Balaban J connectivity index is 1.60. The lowest BCUT2D eigenvalue weighted by Gasteiger charge is -2.36. The van der Waals surface area contributed by atoms with E-state index in [2.05, 4.69) is 46.2 Å². The summed E-state index contributed by atoms with van der Waals surface area (Å²) in [6, 6.07) is 19.0. The standard InChI is InChI=1S/C19H19N3O/c1-14-11-12-15-7-5-6-10-17(15)22(14)13-18-20-19(21-23-18)16-8-3-2-4-9-16/h2-10,14H,11-13H2,1H3/t14-/m0/s1. The number of rotatable bonds is 3. The molecular formula is C19H19N3O. The summed E-state index contributed by atoms with van der Waals surface area (Å²) in [5.41, 5.74) is 3.66. The van der Waals surface area contributed by atoms with Gasteiger partial charge in [-0.3, -0.25) is 0 Å². The molecule has 0 saturated heterocycles. The molecule has 0 fully saturated rings. The van der Waals surface area contributed by atoms with Crippen molar-refractivity contribution in [1.82, 2.24) is 10.1 Å². The molecule has 0 saturated carbocycles. The number of hydrogen-bond acceptors (Lipinski definition) is 4. The normalized spacial score (nSPS) is 17.1. The van der Waals surface area contributed by atoms with Gasteiger partial charge >= 0.3 is 0 Å². The SMILES string of the molecule is C[C@H]1CCc2ccccc2N1Cc1nc(-c2ccccc2)no1. The minimum atomic E-state index is 0.469. The van der Waals surface area contributed by atoms with Gasteiger partial charge in [0.05, 0.1) is 6.54 Å². The topological polar surface area (TPSA) is 42.2 Å². The van der Waals surface area contributed by atoms with Crippen molar-refractivity contribution in [2.75, 3.05) is 4.90 Å². The van der Waals surface area contributed by atoms with E-state index in [0.717, 1.165) is 18.4 Å². The highest BCUT2D eigenvalue weighted by molar-refractivity contribution is 5.57. The zero-order valence-corrected chi connectivity index (χ0v) is 13.1. The van der Waals surface area contributed by atoms with E-state index in [1.807, 2.05) is 30.3 Å². The Labute approximate surface area is 135 Å². The van der Waals surface area contributed by atoms with Crippen LogP contribution in [0.25, 0.3) is 11.4 Å². The van der Waals surface area contributed by atoms with Gasteiger partial charge in [0.2, 0.25) is 11.7 Å². The predicted octanol–water partition coefficient (Wildman–Crippen LogP) is 4.08.